The summed E-state index contributed by atoms with van der Waals surface area (Å²) >= 11 is 0. The van der Waals surface area contributed by atoms with Crippen molar-refractivity contribution in [3.05, 3.63) is 29.7 Å². The van der Waals surface area contributed by atoms with Crippen LogP contribution in [0.1, 0.15) is 35.5 Å². The second-order valence-corrected chi connectivity index (χ2v) is 4.77. The van der Waals surface area contributed by atoms with Crippen LogP contribution in [-0.4, -0.2) is 28.9 Å². The smallest absolute Gasteiger partial charge is 0.253 e. The highest BCUT2D eigenvalue weighted by Gasteiger charge is 2.18. The molecule has 1 aromatic carbocycles. The third kappa shape index (κ3) is 1.98. The molecule has 0 aliphatic carbocycles. The molecule has 1 amide bonds. The van der Waals surface area contributed by atoms with E-state index in [4.69, 9.17) is 4.42 Å². The first-order valence-electron chi connectivity index (χ1n) is 6.40. The summed E-state index contributed by atoms with van der Waals surface area (Å²) in [6.07, 6.45) is 3.44. The number of nitrogens with zero attached hydrogens (tertiary/aromatic N) is 2. The molecular formula is C14H16N2O2. The third-order valence-electron chi connectivity index (χ3n) is 3.38. The van der Waals surface area contributed by atoms with Crippen molar-refractivity contribution in [2.24, 2.45) is 0 Å². The Labute approximate surface area is 106 Å². The van der Waals surface area contributed by atoms with Crippen LogP contribution in [0.25, 0.3) is 11.1 Å². The van der Waals surface area contributed by atoms with E-state index in [-0.39, 0.29) is 5.91 Å². The van der Waals surface area contributed by atoms with Crippen LogP contribution in [-0.2, 0) is 0 Å². The number of benzene rings is 1. The predicted molar refractivity (Wildman–Crippen MR) is 68.5 cm³/mol. The van der Waals surface area contributed by atoms with E-state index in [1.807, 2.05) is 30.0 Å². The number of amides is 1. The van der Waals surface area contributed by atoms with Gasteiger partial charge in [-0.1, -0.05) is 0 Å². The highest BCUT2D eigenvalue weighted by Crippen LogP contribution is 2.19. The molecule has 2 aromatic rings. The molecule has 0 N–H and O–H groups in total. The summed E-state index contributed by atoms with van der Waals surface area (Å²) in [5, 5.41) is 0. The number of aromatic nitrogens is 1. The normalized spacial score (nSPS) is 16.2. The molecule has 0 bridgehead atoms. The molecule has 0 atom stereocenters. The van der Waals surface area contributed by atoms with Crippen molar-refractivity contribution in [3.8, 4) is 0 Å². The van der Waals surface area contributed by atoms with Crippen molar-refractivity contribution in [2.45, 2.75) is 26.2 Å². The highest BCUT2D eigenvalue weighted by atomic mass is 16.3. The molecule has 0 radical (unpaired) electrons. The van der Waals surface area contributed by atoms with Crippen LogP contribution >= 0.6 is 0 Å². The van der Waals surface area contributed by atoms with E-state index in [1.165, 1.54) is 6.42 Å². The number of aryl methyl sites for hydroxylation is 1. The highest BCUT2D eigenvalue weighted by molar-refractivity contribution is 5.97. The second kappa shape index (κ2) is 4.44. The van der Waals surface area contributed by atoms with Gasteiger partial charge in [0.2, 0.25) is 0 Å². The van der Waals surface area contributed by atoms with Gasteiger partial charge >= 0.3 is 0 Å². The molecule has 18 heavy (non-hydrogen) atoms. The molecule has 2 heterocycles. The summed E-state index contributed by atoms with van der Waals surface area (Å²) in [7, 11) is 0. The number of rotatable bonds is 1. The maximum Gasteiger partial charge on any atom is 0.253 e. The number of fused-ring (bicyclic) bond motifs is 1. The summed E-state index contributed by atoms with van der Waals surface area (Å²) in [6, 6.07) is 5.47. The minimum atomic E-state index is 0.109. The largest absolute Gasteiger partial charge is 0.441 e. The molecule has 1 aliphatic heterocycles. The van der Waals surface area contributed by atoms with E-state index in [1.54, 1.807) is 0 Å². The van der Waals surface area contributed by atoms with E-state index >= 15 is 0 Å². The maximum atomic E-state index is 12.3. The molecule has 3 rings (SSSR count). The van der Waals surface area contributed by atoms with Gasteiger partial charge in [0.15, 0.2) is 11.5 Å². The molecule has 94 valence electrons. The van der Waals surface area contributed by atoms with E-state index in [9.17, 15) is 4.79 Å². The first-order valence-corrected chi connectivity index (χ1v) is 6.40. The Morgan fingerprint density at radius 3 is 2.83 bits per heavy atom. The van der Waals surface area contributed by atoms with Gasteiger partial charge in [-0.2, -0.15) is 0 Å². The van der Waals surface area contributed by atoms with Crippen LogP contribution < -0.4 is 0 Å². The summed E-state index contributed by atoms with van der Waals surface area (Å²) in [4.78, 5) is 18.5. The van der Waals surface area contributed by atoms with Gasteiger partial charge in [0, 0.05) is 25.6 Å². The van der Waals surface area contributed by atoms with Crippen LogP contribution in [0.15, 0.2) is 22.6 Å². The van der Waals surface area contributed by atoms with Gasteiger partial charge in [-0.15, -0.1) is 0 Å². The number of likely N-dealkylation sites (tertiary alicyclic amines) is 1. The molecule has 4 nitrogen and oxygen atoms in total. The lowest BCUT2D eigenvalue weighted by molar-refractivity contribution is 0.0724. The summed E-state index contributed by atoms with van der Waals surface area (Å²) in [6.45, 7) is 3.55. The van der Waals surface area contributed by atoms with Crippen LogP contribution in [0.3, 0.4) is 0 Å². The minimum Gasteiger partial charge on any atom is -0.441 e. The van der Waals surface area contributed by atoms with Crippen LogP contribution in [0.5, 0.6) is 0 Å². The van der Waals surface area contributed by atoms with Crippen molar-refractivity contribution in [3.63, 3.8) is 0 Å². The van der Waals surface area contributed by atoms with Crippen LogP contribution in [0, 0.1) is 6.92 Å². The Kier molecular flexibility index (Phi) is 2.78. The fourth-order valence-electron chi connectivity index (χ4n) is 2.46. The number of oxazole rings is 1. The van der Waals surface area contributed by atoms with Gasteiger partial charge in [-0.05, 0) is 37.5 Å². The molecular weight excluding hydrogens is 228 g/mol. The number of carbonyl (C=O) groups is 1. The first kappa shape index (κ1) is 11.3. The van der Waals surface area contributed by atoms with E-state index < -0.39 is 0 Å². The Morgan fingerprint density at radius 1 is 1.28 bits per heavy atom. The van der Waals surface area contributed by atoms with Gasteiger partial charge in [-0.25, -0.2) is 4.98 Å². The lowest BCUT2D eigenvalue weighted by Crippen LogP contribution is -2.35. The molecule has 1 saturated heterocycles. The number of hydrogen-bond donors (Lipinski definition) is 0. The maximum absolute atomic E-state index is 12.3. The first-order chi connectivity index (χ1) is 8.74. The Balaban J connectivity index is 1.90. The molecule has 1 aromatic heterocycles. The van der Waals surface area contributed by atoms with Gasteiger partial charge in [0.25, 0.3) is 5.91 Å². The number of carbonyl (C=O) groups excluding carboxylic acids is 1. The van der Waals surface area contributed by atoms with Crippen molar-refractivity contribution < 1.29 is 9.21 Å². The lowest BCUT2D eigenvalue weighted by Gasteiger charge is -2.26. The van der Waals surface area contributed by atoms with E-state index in [2.05, 4.69) is 4.98 Å². The van der Waals surface area contributed by atoms with Gasteiger partial charge in [-0.3, -0.25) is 4.79 Å². The van der Waals surface area contributed by atoms with Crippen LogP contribution in [0.2, 0.25) is 0 Å². The SMILES string of the molecule is Cc1nc2cc(C(=O)N3CCCCC3)ccc2o1. The average molecular weight is 244 g/mol. The molecule has 1 fully saturated rings. The quantitative estimate of drug-likeness (QED) is 0.775. The third-order valence-corrected chi connectivity index (χ3v) is 3.38. The second-order valence-electron chi connectivity index (χ2n) is 4.77. The van der Waals surface area contributed by atoms with Gasteiger partial charge in [0.05, 0.1) is 0 Å². The van der Waals surface area contributed by atoms with Crippen molar-refractivity contribution in [2.75, 3.05) is 13.1 Å². The van der Waals surface area contributed by atoms with Gasteiger partial charge < -0.3 is 9.32 Å². The zero-order chi connectivity index (χ0) is 12.5. The number of piperidine rings is 1. The Bertz CT molecular complexity index is 582. The standard InChI is InChI=1S/C14H16N2O2/c1-10-15-12-9-11(5-6-13(12)18-10)14(17)16-7-3-2-4-8-16/h5-6,9H,2-4,7-8H2,1H3. The monoisotopic (exact) mass is 244 g/mol. The Morgan fingerprint density at radius 2 is 2.06 bits per heavy atom. The topological polar surface area (TPSA) is 46.3 Å². The molecule has 0 saturated carbocycles. The summed E-state index contributed by atoms with van der Waals surface area (Å²) < 4.78 is 5.41. The van der Waals surface area contributed by atoms with Crippen LogP contribution in [0.4, 0.5) is 0 Å². The summed E-state index contributed by atoms with van der Waals surface area (Å²) in [5.41, 5.74) is 2.20. The fourth-order valence-corrected chi connectivity index (χ4v) is 2.46. The zero-order valence-electron chi connectivity index (χ0n) is 10.5. The van der Waals surface area contributed by atoms with E-state index in [0.717, 1.165) is 37.0 Å². The molecule has 0 unspecified atom stereocenters. The Hall–Kier alpha value is -1.84. The average Bonchev–Trinajstić information content (AvgIpc) is 2.78. The number of hydrogen-bond acceptors (Lipinski definition) is 3. The van der Waals surface area contributed by atoms with E-state index in [0.29, 0.717) is 11.5 Å². The minimum absolute atomic E-state index is 0.109. The predicted octanol–water partition coefficient (Wildman–Crippen LogP) is 2.76. The van der Waals surface area contributed by atoms with Gasteiger partial charge in [0.1, 0.15) is 5.52 Å². The van der Waals surface area contributed by atoms with Crippen molar-refractivity contribution >= 4 is 17.0 Å². The van der Waals surface area contributed by atoms with Crippen molar-refractivity contribution in [1.29, 1.82) is 0 Å². The lowest BCUT2D eigenvalue weighted by atomic mass is 10.1. The summed E-state index contributed by atoms with van der Waals surface area (Å²) in [5.74, 6) is 0.741. The molecule has 0 spiro atoms. The molecule has 4 heteroatoms. The molecule has 1 aliphatic rings. The zero-order valence-corrected chi connectivity index (χ0v) is 10.5. The van der Waals surface area contributed by atoms with Crippen molar-refractivity contribution in [1.82, 2.24) is 9.88 Å². The fraction of sp³-hybridized carbons (Fsp3) is 0.429.